The summed E-state index contributed by atoms with van der Waals surface area (Å²) in [5, 5.41) is 12.7. The lowest BCUT2D eigenvalue weighted by Crippen LogP contribution is -2.11. The number of aromatic nitrogens is 2. The van der Waals surface area contributed by atoms with Crippen LogP contribution < -0.4 is 4.72 Å². The van der Waals surface area contributed by atoms with Gasteiger partial charge in [0.25, 0.3) is 10.0 Å². The number of aliphatic hydroxyl groups is 1. The molecule has 0 aromatic carbocycles. The molecule has 2 aromatic rings. The Balaban J connectivity index is 2.20. The molecule has 0 spiro atoms. The molecule has 0 saturated carbocycles. The van der Waals surface area contributed by atoms with E-state index in [9.17, 15) is 8.42 Å². The zero-order valence-corrected chi connectivity index (χ0v) is 12.3. The normalized spacial score (nSPS) is 11.7. The van der Waals surface area contributed by atoms with E-state index in [4.69, 9.17) is 5.11 Å². The molecule has 19 heavy (non-hydrogen) atoms. The van der Waals surface area contributed by atoms with Crippen molar-refractivity contribution in [2.45, 2.75) is 24.6 Å². The fourth-order valence-electron chi connectivity index (χ4n) is 1.52. The number of hydrogen-bond acceptors (Lipinski definition) is 5. The number of sulfonamides is 1. The third-order valence-corrected chi connectivity index (χ3v) is 5.63. The van der Waals surface area contributed by atoms with Crippen LogP contribution in [0.5, 0.6) is 0 Å². The van der Waals surface area contributed by atoms with Crippen molar-refractivity contribution in [1.82, 2.24) is 9.78 Å². The maximum absolute atomic E-state index is 12.1. The minimum absolute atomic E-state index is 0.0445. The van der Waals surface area contributed by atoms with Gasteiger partial charge in [-0.3, -0.25) is 9.40 Å². The lowest BCUT2D eigenvalue weighted by atomic mass is 10.3. The number of aryl methyl sites for hydroxylation is 2. The molecule has 2 heterocycles. The summed E-state index contributed by atoms with van der Waals surface area (Å²) in [6.07, 6.45) is 2.96. The van der Waals surface area contributed by atoms with E-state index in [2.05, 4.69) is 9.82 Å². The van der Waals surface area contributed by atoms with Gasteiger partial charge in [0.2, 0.25) is 0 Å². The maximum atomic E-state index is 12.1. The molecule has 0 unspecified atom stereocenters. The molecule has 0 radical (unpaired) electrons. The monoisotopic (exact) mass is 301 g/mol. The van der Waals surface area contributed by atoms with Gasteiger partial charge in [0.1, 0.15) is 4.21 Å². The van der Waals surface area contributed by atoms with Crippen LogP contribution in [0.3, 0.4) is 0 Å². The van der Waals surface area contributed by atoms with Crippen molar-refractivity contribution in [2.24, 2.45) is 0 Å². The number of nitrogens with zero attached hydrogens (tertiary/aromatic N) is 2. The summed E-state index contributed by atoms with van der Waals surface area (Å²) in [7, 11) is -3.56. The minimum Gasteiger partial charge on any atom is -0.394 e. The largest absolute Gasteiger partial charge is 0.394 e. The van der Waals surface area contributed by atoms with Crippen LogP contribution in [0.15, 0.2) is 22.7 Å². The quantitative estimate of drug-likeness (QED) is 0.873. The molecule has 0 fully saturated rings. The summed E-state index contributed by atoms with van der Waals surface area (Å²) in [6.45, 7) is 4.05. The van der Waals surface area contributed by atoms with Crippen molar-refractivity contribution in [2.75, 3.05) is 11.3 Å². The Hall–Kier alpha value is -1.38. The first-order chi connectivity index (χ1) is 8.92. The summed E-state index contributed by atoms with van der Waals surface area (Å²) < 4.78 is 28.5. The number of rotatable bonds is 5. The Bertz CT molecular complexity index is 654. The lowest BCUT2D eigenvalue weighted by Gasteiger charge is -2.02. The highest BCUT2D eigenvalue weighted by Crippen LogP contribution is 2.26. The molecule has 0 aliphatic rings. The number of nitrogens with one attached hydrogen (secondary N) is 1. The van der Waals surface area contributed by atoms with Crippen molar-refractivity contribution >= 4 is 27.0 Å². The molecule has 0 bridgehead atoms. The van der Waals surface area contributed by atoms with E-state index < -0.39 is 10.0 Å². The first-order valence-electron chi connectivity index (χ1n) is 5.65. The molecule has 6 nitrogen and oxygen atoms in total. The van der Waals surface area contributed by atoms with Gasteiger partial charge in [-0.15, -0.1) is 11.3 Å². The number of thiophene rings is 1. The van der Waals surface area contributed by atoms with Gasteiger partial charge < -0.3 is 5.11 Å². The molecule has 0 aliphatic carbocycles. The first kappa shape index (κ1) is 14.0. The summed E-state index contributed by atoms with van der Waals surface area (Å²) in [6, 6.07) is 1.65. The highest BCUT2D eigenvalue weighted by Gasteiger charge is 2.18. The summed E-state index contributed by atoms with van der Waals surface area (Å²) >= 11 is 1.24. The molecule has 104 valence electrons. The van der Waals surface area contributed by atoms with Gasteiger partial charge in [-0.1, -0.05) is 0 Å². The zero-order valence-electron chi connectivity index (χ0n) is 10.6. The Labute approximate surface area is 115 Å². The molecular formula is C11H15N3O3S2. The van der Waals surface area contributed by atoms with Gasteiger partial charge in [0, 0.05) is 11.1 Å². The number of anilines is 1. The van der Waals surface area contributed by atoms with Crippen molar-refractivity contribution in [3.8, 4) is 0 Å². The van der Waals surface area contributed by atoms with E-state index in [0.717, 1.165) is 10.4 Å². The van der Waals surface area contributed by atoms with Crippen LogP contribution in [0.25, 0.3) is 0 Å². The lowest BCUT2D eigenvalue weighted by molar-refractivity contribution is 0.269. The molecule has 0 aliphatic heterocycles. The summed E-state index contributed by atoms with van der Waals surface area (Å²) in [5.41, 5.74) is 1.35. The van der Waals surface area contributed by atoms with Crippen molar-refractivity contribution in [1.29, 1.82) is 0 Å². The van der Waals surface area contributed by atoms with Crippen molar-refractivity contribution in [3.05, 3.63) is 28.9 Å². The third-order valence-electron chi connectivity index (χ3n) is 2.62. The molecule has 0 amide bonds. The van der Waals surface area contributed by atoms with Gasteiger partial charge in [-0.25, -0.2) is 8.42 Å². The Kier molecular flexibility index (Phi) is 3.93. The zero-order chi connectivity index (χ0) is 14.0. The molecule has 2 aromatic heterocycles. The second-order valence-electron chi connectivity index (χ2n) is 4.13. The topological polar surface area (TPSA) is 84.2 Å². The summed E-state index contributed by atoms with van der Waals surface area (Å²) in [4.78, 5) is 0.983. The predicted molar refractivity (Wildman–Crippen MR) is 73.9 cm³/mol. The van der Waals surface area contributed by atoms with Gasteiger partial charge >= 0.3 is 0 Å². The molecule has 0 atom stereocenters. The highest BCUT2D eigenvalue weighted by atomic mass is 32.2. The van der Waals surface area contributed by atoms with E-state index in [1.807, 2.05) is 13.8 Å². The second-order valence-corrected chi connectivity index (χ2v) is 7.29. The SMILES string of the molecule is Cc1cc(S(=O)(=O)Nc2cnn(CCO)c2)sc1C. The fraction of sp³-hybridized carbons (Fsp3) is 0.364. The average molecular weight is 301 g/mol. The Morgan fingerprint density at radius 3 is 2.79 bits per heavy atom. The van der Waals surface area contributed by atoms with Crippen molar-refractivity contribution in [3.63, 3.8) is 0 Å². The summed E-state index contributed by atoms with van der Waals surface area (Å²) in [5.74, 6) is 0. The van der Waals surface area contributed by atoms with E-state index >= 15 is 0 Å². The Morgan fingerprint density at radius 2 is 2.21 bits per heavy atom. The van der Waals surface area contributed by atoms with Crippen LogP contribution in [-0.2, 0) is 16.6 Å². The van der Waals surface area contributed by atoms with Crippen LogP contribution in [-0.4, -0.2) is 29.9 Å². The second kappa shape index (κ2) is 5.32. The van der Waals surface area contributed by atoms with Crippen LogP contribution in [0, 0.1) is 13.8 Å². The van der Waals surface area contributed by atoms with E-state index in [1.54, 1.807) is 12.3 Å². The van der Waals surface area contributed by atoms with Crippen molar-refractivity contribution < 1.29 is 13.5 Å². The molecular weight excluding hydrogens is 286 g/mol. The smallest absolute Gasteiger partial charge is 0.271 e. The van der Waals surface area contributed by atoms with Gasteiger partial charge in [-0.05, 0) is 25.5 Å². The van der Waals surface area contributed by atoms with Crippen LogP contribution in [0.4, 0.5) is 5.69 Å². The van der Waals surface area contributed by atoms with Gasteiger partial charge in [0.05, 0.1) is 25.0 Å². The van der Waals surface area contributed by atoms with Crippen LogP contribution in [0.2, 0.25) is 0 Å². The third kappa shape index (κ3) is 3.14. The van der Waals surface area contributed by atoms with E-state index in [-0.39, 0.29) is 10.8 Å². The fourth-order valence-corrected chi connectivity index (χ4v) is 4.06. The molecule has 8 heteroatoms. The average Bonchev–Trinajstić information content (AvgIpc) is 2.88. The molecule has 2 rings (SSSR count). The first-order valence-corrected chi connectivity index (χ1v) is 7.95. The molecule has 0 saturated heterocycles. The van der Waals surface area contributed by atoms with E-state index in [0.29, 0.717) is 12.2 Å². The standard InChI is InChI=1S/C11H15N3O3S2/c1-8-5-11(18-9(8)2)19(16,17)13-10-6-12-14(7-10)3-4-15/h5-7,13,15H,3-4H2,1-2H3. The van der Waals surface area contributed by atoms with Crippen LogP contribution >= 0.6 is 11.3 Å². The highest BCUT2D eigenvalue weighted by molar-refractivity contribution is 7.94. The Morgan fingerprint density at radius 1 is 1.47 bits per heavy atom. The number of hydrogen-bond donors (Lipinski definition) is 2. The van der Waals surface area contributed by atoms with Gasteiger partial charge in [-0.2, -0.15) is 5.10 Å². The maximum Gasteiger partial charge on any atom is 0.271 e. The number of aliphatic hydroxyl groups excluding tert-OH is 1. The predicted octanol–water partition coefficient (Wildman–Crippen LogP) is 1.35. The minimum atomic E-state index is -3.56. The van der Waals surface area contributed by atoms with E-state index in [1.165, 1.54) is 22.2 Å². The van der Waals surface area contributed by atoms with Gasteiger partial charge in [0.15, 0.2) is 0 Å². The molecule has 2 N–H and O–H groups in total. The van der Waals surface area contributed by atoms with Crippen LogP contribution in [0.1, 0.15) is 10.4 Å².